The molecule has 0 aliphatic heterocycles. The zero-order chi connectivity index (χ0) is 12.3. The maximum atomic E-state index is 11.6. The number of carbonyl (C=O) groups excluding carboxylic acids is 1. The van der Waals surface area contributed by atoms with Gasteiger partial charge in [0, 0.05) is 19.8 Å². The van der Waals surface area contributed by atoms with Gasteiger partial charge in [-0.2, -0.15) is 0 Å². The number of hydrogen-bond acceptors (Lipinski definition) is 2. The Morgan fingerprint density at radius 1 is 1.62 bits per heavy atom. The Labute approximate surface area is 98.0 Å². The van der Waals surface area contributed by atoms with Crippen molar-refractivity contribution in [1.29, 1.82) is 0 Å². The molecule has 1 aromatic rings. The van der Waals surface area contributed by atoms with Crippen molar-refractivity contribution in [2.45, 2.75) is 6.92 Å². The lowest BCUT2D eigenvalue weighted by Crippen LogP contribution is -2.32. The fraction of sp³-hybridized carbons (Fsp3) is 0.400. The van der Waals surface area contributed by atoms with E-state index in [1.54, 1.807) is 17.8 Å². The van der Waals surface area contributed by atoms with E-state index < -0.39 is 11.9 Å². The largest absolute Gasteiger partial charge is 0.481 e. The highest BCUT2D eigenvalue weighted by Gasteiger charge is 2.15. The number of nitrogens with one attached hydrogen (secondary N) is 1. The lowest BCUT2D eigenvalue weighted by molar-refractivity contribution is -0.140. The maximum absolute atomic E-state index is 11.6. The first-order valence-electron chi connectivity index (χ1n) is 4.74. The van der Waals surface area contributed by atoms with E-state index in [2.05, 4.69) is 5.32 Å². The first kappa shape index (κ1) is 12.6. The van der Waals surface area contributed by atoms with Gasteiger partial charge in [-0.05, 0) is 6.07 Å². The molecule has 0 bridgehead atoms. The lowest BCUT2D eigenvalue weighted by Gasteiger charge is -2.08. The molecule has 1 aromatic heterocycles. The van der Waals surface area contributed by atoms with Crippen LogP contribution in [0.1, 0.15) is 17.4 Å². The fourth-order valence-electron chi connectivity index (χ4n) is 1.17. The summed E-state index contributed by atoms with van der Waals surface area (Å²) in [5.74, 6) is -1.88. The van der Waals surface area contributed by atoms with Gasteiger partial charge in [0.25, 0.3) is 5.91 Å². The van der Waals surface area contributed by atoms with Crippen molar-refractivity contribution < 1.29 is 14.7 Å². The molecule has 0 fully saturated rings. The Bertz CT molecular complexity index is 414. The van der Waals surface area contributed by atoms with Crippen LogP contribution < -0.4 is 5.32 Å². The van der Waals surface area contributed by atoms with E-state index in [0.29, 0.717) is 10.7 Å². The lowest BCUT2D eigenvalue weighted by atomic mass is 10.2. The smallest absolute Gasteiger partial charge is 0.308 e. The summed E-state index contributed by atoms with van der Waals surface area (Å²) in [5, 5.41) is 11.7. The van der Waals surface area contributed by atoms with Crippen molar-refractivity contribution in [3.8, 4) is 0 Å². The predicted molar refractivity (Wildman–Crippen MR) is 59.6 cm³/mol. The molecule has 16 heavy (non-hydrogen) atoms. The van der Waals surface area contributed by atoms with Crippen LogP contribution in [0.15, 0.2) is 12.3 Å². The van der Waals surface area contributed by atoms with Crippen molar-refractivity contribution >= 4 is 23.5 Å². The third kappa shape index (κ3) is 3.00. The third-order valence-electron chi connectivity index (χ3n) is 2.19. The summed E-state index contributed by atoms with van der Waals surface area (Å²) in [6, 6.07) is 1.53. The summed E-state index contributed by atoms with van der Waals surface area (Å²) in [5.41, 5.74) is 0.405. The molecule has 1 heterocycles. The van der Waals surface area contributed by atoms with E-state index >= 15 is 0 Å². The zero-order valence-electron chi connectivity index (χ0n) is 9.03. The highest BCUT2D eigenvalue weighted by atomic mass is 35.5. The van der Waals surface area contributed by atoms with E-state index in [1.807, 2.05) is 0 Å². The average molecular weight is 245 g/mol. The Balaban J connectivity index is 2.60. The molecule has 1 atom stereocenters. The molecular weight excluding hydrogens is 232 g/mol. The first-order chi connectivity index (χ1) is 7.41. The molecule has 1 rings (SSSR count). The van der Waals surface area contributed by atoms with Gasteiger partial charge >= 0.3 is 5.97 Å². The quantitative estimate of drug-likeness (QED) is 0.834. The number of amides is 1. The minimum Gasteiger partial charge on any atom is -0.481 e. The number of carboxylic acid groups (broad SMARTS) is 1. The number of halogens is 1. The molecule has 0 aromatic carbocycles. The van der Waals surface area contributed by atoms with Crippen LogP contribution in [0.2, 0.25) is 5.02 Å². The molecule has 0 aliphatic carbocycles. The van der Waals surface area contributed by atoms with Crippen molar-refractivity contribution in [3.63, 3.8) is 0 Å². The van der Waals surface area contributed by atoms with Crippen LogP contribution in [-0.4, -0.2) is 28.1 Å². The second-order valence-corrected chi connectivity index (χ2v) is 4.04. The second kappa shape index (κ2) is 5.03. The van der Waals surface area contributed by atoms with Gasteiger partial charge in [0.15, 0.2) is 0 Å². The van der Waals surface area contributed by atoms with Crippen molar-refractivity contribution in [1.82, 2.24) is 9.88 Å². The monoisotopic (exact) mass is 244 g/mol. The molecule has 1 unspecified atom stereocenters. The number of carboxylic acids is 1. The van der Waals surface area contributed by atoms with Crippen LogP contribution in [-0.2, 0) is 11.8 Å². The van der Waals surface area contributed by atoms with Gasteiger partial charge in [-0.3, -0.25) is 9.59 Å². The first-order valence-corrected chi connectivity index (χ1v) is 5.12. The number of nitrogens with zero attached hydrogens (tertiary/aromatic N) is 1. The molecule has 2 N–H and O–H groups in total. The standard InChI is InChI=1S/C10H13ClN2O3/c1-6(10(15)16)4-12-9(14)8-3-7(11)5-13(8)2/h3,5-6H,4H2,1-2H3,(H,12,14)(H,15,16). The molecule has 0 saturated heterocycles. The van der Waals surface area contributed by atoms with Gasteiger partial charge < -0.3 is 15.0 Å². The molecule has 0 radical (unpaired) electrons. The van der Waals surface area contributed by atoms with E-state index in [4.69, 9.17) is 16.7 Å². The number of hydrogen-bond donors (Lipinski definition) is 2. The number of aromatic nitrogens is 1. The van der Waals surface area contributed by atoms with Gasteiger partial charge in [-0.25, -0.2) is 0 Å². The van der Waals surface area contributed by atoms with Crippen molar-refractivity contribution in [2.24, 2.45) is 13.0 Å². The predicted octanol–water partition coefficient (Wildman–Crippen LogP) is 1.13. The Hall–Kier alpha value is -1.49. The molecule has 0 aliphatic rings. The minimum absolute atomic E-state index is 0.0942. The van der Waals surface area contributed by atoms with Crippen LogP contribution in [0, 0.1) is 5.92 Å². The fourth-order valence-corrected chi connectivity index (χ4v) is 1.42. The van der Waals surface area contributed by atoms with Crippen LogP contribution in [0.4, 0.5) is 0 Å². The van der Waals surface area contributed by atoms with Crippen LogP contribution >= 0.6 is 11.6 Å². The highest BCUT2D eigenvalue weighted by Crippen LogP contribution is 2.12. The Morgan fingerprint density at radius 3 is 2.69 bits per heavy atom. The van der Waals surface area contributed by atoms with E-state index in [9.17, 15) is 9.59 Å². The summed E-state index contributed by atoms with van der Waals surface area (Å²) in [4.78, 5) is 22.2. The van der Waals surface area contributed by atoms with Gasteiger partial charge in [-0.1, -0.05) is 18.5 Å². The number of aryl methyl sites for hydroxylation is 1. The number of rotatable bonds is 4. The topological polar surface area (TPSA) is 71.3 Å². The molecule has 6 heteroatoms. The second-order valence-electron chi connectivity index (χ2n) is 3.60. The average Bonchev–Trinajstić information content (AvgIpc) is 2.53. The normalized spacial score (nSPS) is 12.2. The molecule has 0 saturated carbocycles. The minimum atomic E-state index is -0.940. The molecule has 0 spiro atoms. The molecule has 88 valence electrons. The van der Waals surface area contributed by atoms with Crippen LogP contribution in [0.3, 0.4) is 0 Å². The van der Waals surface area contributed by atoms with Crippen molar-refractivity contribution in [2.75, 3.05) is 6.54 Å². The summed E-state index contributed by atoms with van der Waals surface area (Å²) in [6.07, 6.45) is 1.61. The molecular formula is C10H13ClN2O3. The van der Waals surface area contributed by atoms with Gasteiger partial charge in [0.2, 0.25) is 0 Å². The summed E-state index contributed by atoms with van der Waals surface area (Å²) < 4.78 is 1.59. The van der Waals surface area contributed by atoms with E-state index in [1.165, 1.54) is 13.0 Å². The van der Waals surface area contributed by atoms with E-state index in [0.717, 1.165) is 0 Å². The number of aliphatic carboxylic acids is 1. The summed E-state index contributed by atoms with van der Waals surface area (Å²) in [6.45, 7) is 1.62. The SMILES string of the molecule is CC(CNC(=O)c1cc(Cl)cn1C)C(=O)O. The van der Waals surface area contributed by atoms with Crippen LogP contribution in [0.5, 0.6) is 0 Å². The number of carbonyl (C=O) groups is 2. The maximum Gasteiger partial charge on any atom is 0.308 e. The molecule has 5 nitrogen and oxygen atoms in total. The van der Waals surface area contributed by atoms with Gasteiger partial charge in [-0.15, -0.1) is 0 Å². The third-order valence-corrected chi connectivity index (χ3v) is 2.40. The Morgan fingerprint density at radius 2 is 2.25 bits per heavy atom. The Kier molecular flexibility index (Phi) is 3.95. The van der Waals surface area contributed by atoms with E-state index in [-0.39, 0.29) is 12.5 Å². The van der Waals surface area contributed by atoms with Crippen LogP contribution in [0.25, 0.3) is 0 Å². The summed E-state index contributed by atoms with van der Waals surface area (Å²) >= 11 is 5.73. The van der Waals surface area contributed by atoms with Crippen molar-refractivity contribution in [3.05, 3.63) is 23.0 Å². The van der Waals surface area contributed by atoms with Gasteiger partial charge in [0.1, 0.15) is 5.69 Å². The molecule has 1 amide bonds. The highest BCUT2D eigenvalue weighted by molar-refractivity contribution is 6.31. The summed E-state index contributed by atoms with van der Waals surface area (Å²) in [7, 11) is 1.70. The zero-order valence-corrected chi connectivity index (χ0v) is 9.78. The van der Waals surface area contributed by atoms with Gasteiger partial charge in [0.05, 0.1) is 10.9 Å².